The summed E-state index contributed by atoms with van der Waals surface area (Å²) in [7, 11) is 0. The maximum absolute atomic E-state index is 10.0. The van der Waals surface area contributed by atoms with E-state index in [2.05, 4.69) is 21.4 Å². The topological polar surface area (TPSA) is 58.6 Å². The van der Waals surface area contributed by atoms with Crippen molar-refractivity contribution in [1.29, 1.82) is 0 Å². The summed E-state index contributed by atoms with van der Waals surface area (Å²) < 4.78 is 0. The van der Waals surface area contributed by atoms with Gasteiger partial charge >= 0.3 is 0 Å². The number of H-pyrrole nitrogens is 1. The number of aromatic nitrogens is 3. The van der Waals surface area contributed by atoms with Gasteiger partial charge in [0.05, 0.1) is 0 Å². The van der Waals surface area contributed by atoms with Gasteiger partial charge in [-0.2, -0.15) is 5.10 Å². The number of nitrogens with one attached hydrogen (secondary N) is 1. The maximum atomic E-state index is 10.0. The lowest BCUT2D eigenvalue weighted by atomic mass is 10.9. The zero-order chi connectivity index (χ0) is 5.11. The Hall–Kier alpha value is -1.19. The summed E-state index contributed by atoms with van der Waals surface area (Å²) in [4.78, 5) is 13.3. The molecule has 1 aromatic heterocycles. The van der Waals surface area contributed by atoms with Crippen molar-refractivity contribution in [3.8, 4) is 0 Å². The molecule has 1 aromatic rings. The molecule has 0 saturated heterocycles. The predicted octanol–water partition coefficient (Wildman–Crippen LogP) is -1.03. The highest BCUT2D eigenvalue weighted by molar-refractivity contribution is 4.60. The van der Waals surface area contributed by atoms with E-state index in [1.54, 1.807) is 0 Å². The summed E-state index contributed by atoms with van der Waals surface area (Å²) in [5.74, 6) is 0. The van der Waals surface area contributed by atoms with Crippen LogP contribution in [0, 0.1) is 6.20 Å². The average molecular weight is 96.1 g/mol. The van der Waals surface area contributed by atoms with E-state index in [9.17, 15) is 4.79 Å². The summed E-state index contributed by atoms with van der Waals surface area (Å²) in [5.41, 5.74) is -0.400. The first-order chi connectivity index (χ1) is 3.39. The highest BCUT2D eigenvalue weighted by Gasteiger charge is 1.73. The number of hydrogen-bond acceptors (Lipinski definition) is 3. The highest BCUT2D eigenvalue weighted by atomic mass is 16.1. The second-order valence-corrected chi connectivity index (χ2v) is 0.926. The summed E-state index contributed by atoms with van der Waals surface area (Å²) in [5, 5.41) is 5.41. The molecule has 7 heavy (non-hydrogen) atoms. The maximum Gasteiger partial charge on any atom is 0.292 e. The molecule has 0 aliphatic heterocycles. The van der Waals surface area contributed by atoms with Crippen molar-refractivity contribution in [3.63, 3.8) is 0 Å². The Bertz CT molecular complexity index is 176. The molecule has 0 aliphatic rings. The first-order valence-electron chi connectivity index (χ1n) is 1.67. The van der Waals surface area contributed by atoms with E-state index in [0.717, 1.165) is 0 Å². The van der Waals surface area contributed by atoms with Crippen molar-refractivity contribution < 1.29 is 0 Å². The Kier molecular flexibility index (Phi) is 0.856. The molecule has 0 amide bonds. The molecule has 4 heteroatoms. The predicted molar refractivity (Wildman–Crippen MR) is 21.5 cm³/mol. The van der Waals surface area contributed by atoms with Crippen LogP contribution in [0.25, 0.3) is 0 Å². The van der Waals surface area contributed by atoms with E-state index in [-0.39, 0.29) is 0 Å². The van der Waals surface area contributed by atoms with E-state index >= 15 is 0 Å². The van der Waals surface area contributed by atoms with E-state index in [1.807, 2.05) is 0 Å². The monoisotopic (exact) mass is 96.0 g/mol. The molecular formula is C3H2N3O. The third-order valence-corrected chi connectivity index (χ3v) is 0.448. The van der Waals surface area contributed by atoms with Crippen LogP contribution < -0.4 is 5.56 Å². The van der Waals surface area contributed by atoms with Crippen LogP contribution in [0.5, 0.6) is 0 Å². The van der Waals surface area contributed by atoms with Gasteiger partial charge in [-0.1, -0.05) is 0 Å². The van der Waals surface area contributed by atoms with Crippen LogP contribution in [-0.4, -0.2) is 15.2 Å². The molecule has 0 unspecified atom stereocenters. The Balaban J connectivity index is 3.28. The van der Waals surface area contributed by atoms with Gasteiger partial charge in [-0.25, -0.2) is 10.1 Å². The molecule has 4 nitrogen and oxygen atoms in total. The van der Waals surface area contributed by atoms with Gasteiger partial charge in [0, 0.05) is 0 Å². The fourth-order valence-corrected chi connectivity index (χ4v) is 0.229. The molecule has 0 saturated carbocycles. The van der Waals surface area contributed by atoms with Crippen molar-refractivity contribution >= 4 is 0 Å². The minimum atomic E-state index is -0.400. The molecule has 0 aliphatic carbocycles. The second-order valence-electron chi connectivity index (χ2n) is 0.926. The summed E-state index contributed by atoms with van der Waals surface area (Å²) >= 11 is 0. The van der Waals surface area contributed by atoms with E-state index < -0.39 is 5.56 Å². The van der Waals surface area contributed by atoms with Crippen molar-refractivity contribution in [1.82, 2.24) is 15.2 Å². The van der Waals surface area contributed by atoms with E-state index in [4.69, 9.17) is 0 Å². The molecular weight excluding hydrogens is 94.1 g/mol. The Labute approximate surface area is 39.2 Å². The van der Waals surface area contributed by atoms with Gasteiger partial charge in [-0.3, -0.25) is 4.79 Å². The minimum absolute atomic E-state index is 0.400. The van der Waals surface area contributed by atoms with Crippen LogP contribution >= 0.6 is 0 Å². The lowest BCUT2D eigenvalue weighted by Crippen LogP contribution is -2.05. The molecule has 0 spiro atoms. The van der Waals surface area contributed by atoms with Crippen molar-refractivity contribution in [3.05, 3.63) is 22.9 Å². The number of aromatic amines is 1. The standard InChI is InChI=1S/C3H2N3O/c7-3-1-4-2-5-6-3/h2H,(H,6,7). The summed E-state index contributed by atoms with van der Waals surface area (Å²) in [6, 6.07) is 0. The lowest BCUT2D eigenvalue weighted by Gasteiger charge is -1.71. The average Bonchev–Trinajstić information content (AvgIpc) is 1.69. The van der Waals surface area contributed by atoms with Crippen LogP contribution in [0.3, 0.4) is 0 Å². The Morgan fingerprint density at radius 3 is 3.00 bits per heavy atom. The van der Waals surface area contributed by atoms with Crippen LogP contribution in [0.15, 0.2) is 11.1 Å². The van der Waals surface area contributed by atoms with Crippen molar-refractivity contribution in [2.24, 2.45) is 0 Å². The zero-order valence-corrected chi connectivity index (χ0v) is 3.38. The third kappa shape index (κ3) is 0.819. The fraction of sp³-hybridized carbons (Fsp3) is 0. The molecule has 0 fully saturated rings. The number of hydrogen-bond donors (Lipinski definition) is 1. The van der Waals surface area contributed by atoms with Gasteiger partial charge in [0.15, 0.2) is 6.20 Å². The van der Waals surface area contributed by atoms with E-state index in [1.165, 1.54) is 6.33 Å². The normalized spacial score (nSPS) is 8.57. The lowest BCUT2D eigenvalue weighted by molar-refractivity contribution is 0.925. The molecule has 1 heterocycles. The van der Waals surface area contributed by atoms with Crippen molar-refractivity contribution in [2.45, 2.75) is 0 Å². The first-order valence-corrected chi connectivity index (χ1v) is 1.67. The van der Waals surface area contributed by atoms with Crippen LogP contribution in [0.1, 0.15) is 0 Å². The number of nitrogens with zero attached hydrogens (tertiary/aromatic N) is 2. The minimum Gasteiger partial charge on any atom is -0.265 e. The summed E-state index contributed by atoms with van der Waals surface area (Å²) in [6.07, 6.45) is 3.32. The van der Waals surface area contributed by atoms with Gasteiger partial charge in [0.2, 0.25) is 0 Å². The van der Waals surface area contributed by atoms with Crippen LogP contribution in [0.4, 0.5) is 0 Å². The SMILES string of the molecule is O=c1[c]ncn[nH]1. The van der Waals surface area contributed by atoms with Crippen LogP contribution in [0.2, 0.25) is 0 Å². The van der Waals surface area contributed by atoms with Crippen molar-refractivity contribution in [2.75, 3.05) is 0 Å². The van der Waals surface area contributed by atoms with Gasteiger partial charge in [0.25, 0.3) is 5.56 Å². The van der Waals surface area contributed by atoms with Gasteiger partial charge < -0.3 is 0 Å². The van der Waals surface area contributed by atoms with Gasteiger partial charge in [-0.15, -0.1) is 0 Å². The molecule has 0 atom stereocenters. The highest BCUT2D eigenvalue weighted by Crippen LogP contribution is 1.47. The first kappa shape index (κ1) is 3.98. The molecule has 1 rings (SSSR count). The number of rotatable bonds is 0. The summed E-state index contributed by atoms with van der Waals surface area (Å²) in [6.45, 7) is 0. The Morgan fingerprint density at radius 2 is 2.71 bits per heavy atom. The Morgan fingerprint density at radius 1 is 1.86 bits per heavy atom. The molecule has 0 aromatic carbocycles. The van der Waals surface area contributed by atoms with Gasteiger partial charge in [0.1, 0.15) is 6.33 Å². The van der Waals surface area contributed by atoms with Crippen LogP contribution in [-0.2, 0) is 0 Å². The molecule has 1 radical (unpaired) electrons. The zero-order valence-electron chi connectivity index (χ0n) is 3.38. The second kappa shape index (κ2) is 1.51. The molecule has 35 valence electrons. The quantitative estimate of drug-likeness (QED) is 0.449. The van der Waals surface area contributed by atoms with E-state index in [0.29, 0.717) is 0 Å². The smallest absolute Gasteiger partial charge is 0.265 e. The molecule has 1 N–H and O–H groups in total. The largest absolute Gasteiger partial charge is 0.292 e. The molecule has 0 bridgehead atoms. The van der Waals surface area contributed by atoms with Gasteiger partial charge in [-0.05, 0) is 0 Å². The fourth-order valence-electron chi connectivity index (χ4n) is 0.229. The third-order valence-electron chi connectivity index (χ3n) is 0.448.